The second-order valence-electron chi connectivity index (χ2n) is 4.17. The van der Waals surface area contributed by atoms with Crippen LogP contribution in [0.3, 0.4) is 0 Å². The Morgan fingerprint density at radius 1 is 1.37 bits per heavy atom. The van der Waals surface area contributed by atoms with Gasteiger partial charge >= 0.3 is 5.97 Å². The van der Waals surface area contributed by atoms with Gasteiger partial charge in [0.05, 0.1) is 0 Å². The summed E-state index contributed by atoms with van der Waals surface area (Å²) in [5.74, 6) is 1.99. The SMILES string of the molecule is CC(=C1SCCCS1)c1cccc(OCC(=O)O)c1. The normalized spacial score (nSPS) is 15.1. The van der Waals surface area contributed by atoms with Gasteiger partial charge in [0.1, 0.15) is 5.75 Å². The van der Waals surface area contributed by atoms with Gasteiger partial charge in [0.15, 0.2) is 6.61 Å². The Morgan fingerprint density at radius 2 is 2.11 bits per heavy atom. The number of ether oxygens (including phenoxy) is 1. The molecule has 19 heavy (non-hydrogen) atoms. The van der Waals surface area contributed by atoms with Crippen molar-refractivity contribution in [3.63, 3.8) is 0 Å². The molecule has 1 aromatic carbocycles. The van der Waals surface area contributed by atoms with Crippen molar-refractivity contribution >= 4 is 35.1 Å². The van der Waals surface area contributed by atoms with Crippen molar-refractivity contribution in [2.24, 2.45) is 0 Å². The number of carbonyl (C=O) groups is 1. The number of allylic oxidation sites excluding steroid dienone is 1. The quantitative estimate of drug-likeness (QED) is 0.917. The maximum Gasteiger partial charge on any atom is 0.341 e. The molecular formula is C14H16O3S2. The molecule has 0 spiro atoms. The molecule has 3 nitrogen and oxygen atoms in total. The lowest BCUT2D eigenvalue weighted by Crippen LogP contribution is -2.09. The van der Waals surface area contributed by atoms with Crippen molar-refractivity contribution < 1.29 is 14.6 Å². The molecule has 0 unspecified atom stereocenters. The molecule has 2 rings (SSSR count). The van der Waals surface area contributed by atoms with E-state index in [9.17, 15) is 4.79 Å². The molecule has 0 atom stereocenters. The zero-order valence-electron chi connectivity index (χ0n) is 10.7. The summed E-state index contributed by atoms with van der Waals surface area (Å²) >= 11 is 3.80. The molecule has 0 aromatic heterocycles. The highest BCUT2D eigenvalue weighted by Crippen LogP contribution is 2.40. The first-order chi connectivity index (χ1) is 9.16. The number of carboxylic acid groups (broad SMARTS) is 1. The summed E-state index contributed by atoms with van der Waals surface area (Å²) in [5.41, 5.74) is 2.34. The fourth-order valence-corrected chi connectivity index (χ4v) is 4.36. The summed E-state index contributed by atoms with van der Waals surface area (Å²) < 4.78 is 6.57. The minimum absolute atomic E-state index is 0.303. The van der Waals surface area contributed by atoms with E-state index < -0.39 is 5.97 Å². The van der Waals surface area contributed by atoms with Crippen molar-refractivity contribution in [1.82, 2.24) is 0 Å². The number of hydrogen-bond donors (Lipinski definition) is 1. The Morgan fingerprint density at radius 3 is 2.79 bits per heavy atom. The van der Waals surface area contributed by atoms with Gasteiger partial charge in [-0.3, -0.25) is 0 Å². The maximum absolute atomic E-state index is 10.5. The van der Waals surface area contributed by atoms with Crippen LogP contribution in [0.15, 0.2) is 28.5 Å². The summed E-state index contributed by atoms with van der Waals surface area (Å²) in [6.07, 6.45) is 1.26. The molecule has 1 N–H and O–H groups in total. The molecule has 0 bridgehead atoms. The molecule has 0 aliphatic carbocycles. The Hall–Kier alpha value is -1.07. The second-order valence-corrected chi connectivity index (χ2v) is 6.64. The third kappa shape index (κ3) is 4.21. The highest BCUT2D eigenvalue weighted by atomic mass is 32.2. The standard InChI is InChI=1S/C14H16O3S2/c1-10(14-18-6-3-7-19-14)11-4-2-5-12(8-11)17-9-13(15)16/h2,4-5,8H,3,6-7,9H2,1H3,(H,15,16). The maximum atomic E-state index is 10.5. The third-order valence-corrected chi connectivity index (χ3v) is 5.52. The van der Waals surface area contributed by atoms with E-state index in [4.69, 9.17) is 9.84 Å². The second kappa shape index (κ2) is 6.91. The Balaban J connectivity index is 2.15. The first-order valence-electron chi connectivity index (χ1n) is 6.08. The summed E-state index contributed by atoms with van der Waals surface area (Å²) in [5, 5.41) is 8.62. The molecule has 102 valence electrons. The van der Waals surface area contributed by atoms with Crippen LogP contribution in [0.5, 0.6) is 5.75 Å². The van der Waals surface area contributed by atoms with Crippen LogP contribution in [0, 0.1) is 0 Å². The van der Waals surface area contributed by atoms with Crippen LogP contribution in [0.25, 0.3) is 5.57 Å². The van der Waals surface area contributed by atoms with Gasteiger partial charge in [-0.05, 0) is 48.1 Å². The monoisotopic (exact) mass is 296 g/mol. The predicted octanol–water partition coefficient (Wildman–Crippen LogP) is 3.71. The van der Waals surface area contributed by atoms with Crippen LogP contribution in [0.1, 0.15) is 18.9 Å². The van der Waals surface area contributed by atoms with Crippen LogP contribution in [0.4, 0.5) is 0 Å². The van der Waals surface area contributed by atoms with E-state index in [1.165, 1.54) is 27.7 Å². The lowest BCUT2D eigenvalue weighted by molar-refractivity contribution is -0.139. The number of carboxylic acids is 1. The van der Waals surface area contributed by atoms with E-state index in [0.29, 0.717) is 5.75 Å². The zero-order valence-corrected chi connectivity index (χ0v) is 12.4. The summed E-state index contributed by atoms with van der Waals surface area (Å²) in [6, 6.07) is 7.62. The van der Waals surface area contributed by atoms with Crippen molar-refractivity contribution in [2.75, 3.05) is 18.1 Å². The molecule has 0 radical (unpaired) electrons. The minimum atomic E-state index is -0.959. The first-order valence-corrected chi connectivity index (χ1v) is 8.05. The van der Waals surface area contributed by atoms with Crippen LogP contribution < -0.4 is 4.74 Å². The topological polar surface area (TPSA) is 46.5 Å². The minimum Gasteiger partial charge on any atom is -0.482 e. The van der Waals surface area contributed by atoms with Gasteiger partial charge in [0.25, 0.3) is 0 Å². The van der Waals surface area contributed by atoms with Crippen molar-refractivity contribution in [1.29, 1.82) is 0 Å². The van der Waals surface area contributed by atoms with Crippen LogP contribution in [0.2, 0.25) is 0 Å². The molecule has 0 amide bonds. The number of aliphatic carboxylic acids is 1. The molecule has 1 fully saturated rings. The molecule has 5 heteroatoms. The molecule has 0 saturated carbocycles. The number of hydrogen-bond acceptors (Lipinski definition) is 4. The molecule has 1 aromatic rings. The molecular weight excluding hydrogens is 280 g/mol. The fraction of sp³-hybridized carbons (Fsp3) is 0.357. The highest BCUT2D eigenvalue weighted by Gasteiger charge is 2.11. The lowest BCUT2D eigenvalue weighted by atomic mass is 10.1. The molecule has 1 saturated heterocycles. The number of thioether (sulfide) groups is 2. The van der Waals surface area contributed by atoms with Gasteiger partial charge in [-0.1, -0.05) is 12.1 Å². The zero-order chi connectivity index (χ0) is 13.7. The van der Waals surface area contributed by atoms with Gasteiger partial charge in [0, 0.05) is 4.24 Å². The largest absolute Gasteiger partial charge is 0.482 e. The van der Waals surface area contributed by atoms with Crippen LogP contribution in [-0.4, -0.2) is 29.2 Å². The smallest absolute Gasteiger partial charge is 0.341 e. The summed E-state index contributed by atoms with van der Waals surface area (Å²) in [6.45, 7) is 1.81. The van der Waals surface area contributed by atoms with Gasteiger partial charge in [-0.25, -0.2) is 4.79 Å². The number of benzene rings is 1. The Kier molecular flexibility index (Phi) is 5.22. The molecule has 1 aliphatic heterocycles. The van der Waals surface area contributed by atoms with E-state index in [2.05, 4.69) is 6.92 Å². The average molecular weight is 296 g/mol. The van der Waals surface area contributed by atoms with E-state index in [0.717, 1.165) is 5.56 Å². The Bertz CT molecular complexity index is 489. The molecule has 1 heterocycles. The van der Waals surface area contributed by atoms with Gasteiger partial charge in [-0.15, -0.1) is 23.5 Å². The lowest BCUT2D eigenvalue weighted by Gasteiger charge is -2.16. The van der Waals surface area contributed by atoms with E-state index in [1.807, 2.05) is 41.7 Å². The van der Waals surface area contributed by atoms with E-state index >= 15 is 0 Å². The van der Waals surface area contributed by atoms with E-state index in [1.54, 1.807) is 6.07 Å². The van der Waals surface area contributed by atoms with Gasteiger partial charge in [0.2, 0.25) is 0 Å². The fourth-order valence-electron chi connectivity index (χ4n) is 1.73. The number of rotatable bonds is 4. The van der Waals surface area contributed by atoms with Crippen LogP contribution >= 0.6 is 23.5 Å². The predicted molar refractivity (Wildman–Crippen MR) is 81.7 cm³/mol. The van der Waals surface area contributed by atoms with Crippen molar-refractivity contribution in [2.45, 2.75) is 13.3 Å². The van der Waals surface area contributed by atoms with Crippen molar-refractivity contribution in [3.05, 3.63) is 34.1 Å². The molecule has 1 aliphatic rings. The van der Waals surface area contributed by atoms with Crippen molar-refractivity contribution in [3.8, 4) is 5.75 Å². The van der Waals surface area contributed by atoms with E-state index in [-0.39, 0.29) is 6.61 Å². The average Bonchev–Trinajstić information content (AvgIpc) is 2.45. The van der Waals surface area contributed by atoms with Gasteiger partial charge in [-0.2, -0.15) is 0 Å². The van der Waals surface area contributed by atoms with Gasteiger partial charge < -0.3 is 9.84 Å². The third-order valence-electron chi connectivity index (χ3n) is 2.69. The first kappa shape index (κ1) is 14.3. The summed E-state index contributed by atoms with van der Waals surface area (Å²) in [4.78, 5) is 10.5. The summed E-state index contributed by atoms with van der Waals surface area (Å²) in [7, 11) is 0. The highest BCUT2D eigenvalue weighted by molar-refractivity contribution is 8.23. The Labute approximate surface area is 121 Å². The van der Waals surface area contributed by atoms with Crippen LogP contribution in [-0.2, 0) is 4.79 Å².